The van der Waals surface area contributed by atoms with Gasteiger partial charge in [-0.3, -0.25) is 4.79 Å². The molecule has 0 fully saturated rings. The van der Waals surface area contributed by atoms with Gasteiger partial charge in [0.15, 0.2) is 5.69 Å². The molecule has 0 spiro atoms. The second-order valence-electron chi connectivity index (χ2n) is 3.71. The molecule has 1 N–H and O–H groups in total. The van der Waals surface area contributed by atoms with Crippen molar-refractivity contribution < 1.29 is 14.6 Å². The van der Waals surface area contributed by atoms with Crippen LogP contribution in [0, 0.1) is 0 Å². The second-order valence-corrected chi connectivity index (χ2v) is 3.71. The van der Waals surface area contributed by atoms with Crippen molar-refractivity contribution in [1.29, 1.82) is 0 Å². The smallest absolute Gasteiger partial charge is 0.274 e. The minimum Gasteiger partial charge on any atom is -0.481 e. The van der Waals surface area contributed by atoms with Gasteiger partial charge in [0.25, 0.3) is 5.91 Å². The zero-order valence-electron chi connectivity index (χ0n) is 10.5. The van der Waals surface area contributed by atoms with Crippen LogP contribution in [-0.2, 0) is 7.05 Å². The van der Waals surface area contributed by atoms with E-state index in [-0.39, 0.29) is 12.5 Å². The maximum Gasteiger partial charge on any atom is 0.274 e. The van der Waals surface area contributed by atoms with E-state index in [9.17, 15) is 4.79 Å². The molecule has 1 amide bonds. The molecule has 17 heavy (non-hydrogen) atoms. The number of aromatic nitrogens is 2. The van der Waals surface area contributed by atoms with E-state index in [1.807, 2.05) is 6.92 Å². The van der Waals surface area contributed by atoms with Gasteiger partial charge >= 0.3 is 0 Å². The lowest BCUT2D eigenvalue weighted by molar-refractivity contribution is 0.0715. The number of nitrogens with zero attached hydrogens (tertiary/aromatic N) is 3. The van der Waals surface area contributed by atoms with Crippen LogP contribution in [0.15, 0.2) is 6.07 Å². The standard InChI is InChI=1S/C11H19N3O3/c1-4-5-14(6-7-15)11(16)9-8-10(17-3)13(2)12-9/h8,15H,4-7H2,1-3H3. The number of carbonyl (C=O) groups is 1. The third-order valence-corrected chi connectivity index (χ3v) is 2.42. The topological polar surface area (TPSA) is 67.6 Å². The highest BCUT2D eigenvalue weighted by atomic mass is 16.5. The van der Waals surface area contributed by atoms with E-state index in [0.29, 0.717) is 24.7 Å². The zero-order valence-corrected chi connectivity index (χ0v) is 10.5. The average molecular weight is 241 g/mol. The number of amides is 1. The molecule has 6 nitrogen and oxygen atoms in total. The molecule has 0 aliphatic heterocycles. The Balaban J connectivity index is 2.84. The van der Waals surface area contributed by atoms with Crippen molar-refractivity contribution in [3.05, 3.63) is 11.8 Å². The predicted octanol–water partition coefficient (Wildman–Crippen LogP) is 0.273. The molecule has 0 radical (unpaired) electrons. The first kappa shape index (κ1) is 13.5. The van der Waals surface area contributed by atoms with Crippen LogP contribution < -0.4 is 4.74 Å². The molecular weight excluding hydrogens is 222 g/mol. The maximum absolute atomic E-state index is 12.1. The van der Waals surface area contributed by atoms with Gasteiger partial charge in [-0.1, -0.05) is 6.92 Å². The molecule has 96 valence electrons. The van der Waals surface area contributed by atoms with Crippen LogP contribution >= 0.6 is 0 Å². The first-order valence-corrected chi connectivity index (χ1v) is 5.62. The highest BCUT2D eigenvalue weighted by Crippen LogP contribution is 2.13. The molecule has 1 aromatic heterocycles. The average Bonchev–Trinajstić information content (AvgIpc) is 2.69. The van der Waals surface area contributed by atoms with Gasteiger partial charge in [0.2, 0.25) is 5.88 Å². The minimum atomic E-state index is -0.181. The summed E-state index contributed by atoms with van der Waals surface area (Å²) in [5, 5.41) is 13.0. The lowest BCUT2D eigenvalue weighted by Gasteiger charge is -2.19. The molecule has 0 aromatic carbocycles. The number of aliphatic hydroxyl groups excluding tert-OH is 1. The van der Waals surface area contributed by atoms with Crippen molar-refractivity contribution in [3.8, 4) is 5.88 Å². The maximum atomic E-state index is 12.1. The van der Waals surface area contributed by atoms with E-state index in [0.717, 1.165) is 6.42 Å². The molecule has 0 atom stereocenters. The lowest BCUT2D eigenvalue weighted by atomic mass is 10.3. The molecule has 1 rings (SSSR count). The summed E-state index contributed by atoms with van der Waals surface area (Å²) >= 11 is 0. The third kappa shape index (κ3) is 3.20. The highest BCUT2D eigenvalue weighted by Gasteiger charge is 2.19. The predicted molar refractivity (Wildman–Crippen MR) is 63.0 cm³/mol. The monoisotopic (exact) mass is 241 g/mol. The largest absolute Gasteiger partial charge is 0.481 e. The van der Waals surface area contributed by atoms with E-state index in [4.69, 9.17) is 9.84 Å². The number of rotatable bonds is 6. The summed E-state index contributed by atoms with van der Waals surface area (Å²) in [7, 11) is 3.24. The Morgan fingerprint density at radius 2 is 2.29 bits per heavy atom. The molecule has 0 bridgehead atoms. The SMILES string of the molecule is CCCN(CCO)C(=O)c1cc(OC)n(C)n1. The summed E-state index contributed by atoms with van der Waals surface area (Å²) in [5.41, 5.74) is 0.339. The van der Waals surface area contributed by atoms with Gasteiger partial charge in [0.1, 0.15) is 0 Å². The fourth-order valence-corrected chi connectivity index (χ4v) is 1.61. The molecule has 0 aliphatic carbocycles. The molecule has 0 aliphatic rings. The summed E-state index contributed by atoms with van der Waals surface area (Å²) in [6.07, 6.45) is 0.843. The van der Waals surface area contributed by atoms with Gasteiger partial charge in [-0.25, -0.2) is 4.68 Å². The summed E-state index contributed by atoms with van der Waals surface area (Å²) in [4.78, 5) is 13.7. The Bertz CT molecular complexity index is 370. The van der Waals surface area contributed by atoms with Crippen LogP contribution in [0.2, 0.25) is 0 Å². The molecule has 0 saturated carbocycles. The molecular formula is C11H19N3O3. The van der Waals surface area contributed by atoms with Gasteiger partial charge in [0.05, 0.1) is 13.7 Å². The Morgan fingerprint density at radius 3 is 2.76 bits per heavy atom. The van der Waals surface area contributed by atoms with E-state index in [2.05, 4.69) is 5.10 Å². The number of aliphatic hydroxyl groups is 1. The number of aryl methyl sites for hydroxylation is 1. The fourth-order valence-electron chi connectivity index (χ4n) is 1.61. The Kier molecular flexibility index (Phi) is 4.96. The van der Waals surface area contributed by atoms with Crippen LogP contribution in [0.3, 0.4) is 0 Å². The minimum absolute atomic E-state index is 0.0459. The van der Waals surface area contributed by atoms with Crippen LogP contribution in [0.4, 0.5) is 0 Å². The normalized spacial score (nSPS) is 10.4. The number of hydrogen-bond donors (Lipinski definition) is 1. The fraction of sp³-hybridized carbons (Fsp3) is 0.636. The number of methoxy groups -OCH3 is 1. The van der Waals surface area contributed by atoms with Crippen LogP contribution in [0.5, 0.6) is 5.88 Å². The highest BCUT2D eigenvalue weighted by molar-refractivity contribution is 5.92. The summed E-state index contributed by atoms with van der Waals surface area (Å²) in [5.74, 6) is 0.355. The number of ether oxygens (including phenoxy) is 1. The van der Waals surface area contributed by atoms with Crippen molar-refractivity contribution in [1.82, 2.24) is 14.7 Å². The Morgan fingerprint density at radius 1 is 1.59 bits per heavy atom. The van der Waals surface area contributed by atoms with Gasteiger partial charge in [-0.2, -0.15) is 5.10 Å². The van der Waals surface area contributed by atoms with E-state index >= 15 is 0 Å². The quantitative estimate of drug-likeness (QED) is 0.776. The first-order chi connectivity index (χ1) is 8.13. The van der Waals surface area contributed by atoms with Gasteiger partial charge < -0.3 is 14.7 Å². The van der Waals surface area contributed by atoms with Crippen molar-refractivity contribution in [3.63, 3.8) is 0 Å². The van der Waals surface area contributed by atoms with Gasteiger partial charge in [-0.05, 0) is 6.42 Å². The van der Waals surface area contributed by atoms with Gasteiger partial charge in [0, 0.05) is 26.2 Å². The van der Waals surface area contributed by atoms with Crippen molar-refractivity contribution in [2.24, 2.45) is 7.05 Å². The van der Waals surface area contributed by atoms with E-state index in [1.54, 1.807) is 18.0 Å². The molecule has 1 heterocycles. The first-order valence-electron chi connectivity index (χ1n) is 5.62. The van der Waals surface area contributed by atoms with Crippen molar-refractivity contribution in [2.45, 2.75) is 13.3 Å². The van der Waals surface area contributed by atoms with E-state index < -0.39 is 0 Å². The van der Waals surface area contributed by atoms with Gasteiger partial charge in [-0.15, -0.1) is 0 Å². The lowest BCUT2D eigenvalue weighted by Crippen LogP contribution is -2.34. The second kappa shape index (κ2) is 6.24. The van der Waals surface area contributed by atoms with Crippen molar-refractivity contribution in [2.75, 3.05) is 26.8 Å². The number of hydrogen-bond acceptors (Lipinski definition) is 4. The summed E-state index contributed by atoms with van der Waals surface area (Å²) in [6, 6.07) is 1.60. The zero-order chi connectivity index (χ0) is 12.8. The van der Waals surface area contributed by atoms with Crippen LogP contribution in [-0.4, -0.2) is 52.5 Å². The van der Waals surface area contributed by atoms with E-state index in [1.165, 1.54) is 11.8 Å². The molecule has 0 saturated heterocycles. The molecule has 6 heteroatoms. The Hall–Kier alpha value is -1.56. The summed E-state index contributed by atoms with van der Waals surface area (Å²) in [6.45, 7) is 2.87. The number of carbonyl (C=O) groups excluding carboxylic acids is 1. The third-order valence-electron chi connectivity index (χ3n) is 2.42. The Labute approximate surface area is 101 Å². The molecule has 0 unspecified atom stereocenters. The summed E-state index contributed by atoms with van der Waals surface area (Å²) < 4.78 is 6.57. The molecule has 1 aromatic rings. The van der Waals surface area contributed by atoms with Crippen LogP contribution in [0.25, 0.3) is 0 Å². The van der Waals surface area contributed by atoms with Crippen molar-refractivity contribution >= 4 is 5.91 Å². The van der Waals surface area contributed by atoms with Crippen LogP contribution in [0.1, 0.15) is 23.8 Å².